The second-order valence-corrected chi connectivity index (χ2v) is 3.40. The molecule has 0 bridgehead atoms. The van der Waals surface area contributed by atoms with Crippen molar-refractivity contribution >= 4 is 21.4 Å². The Morgan fingerprint density at radius 2 is 2.33 bits per heavy atom. The number of benzene rings is 1. The van der Waals surface area contributed by atoms with Gasteiger partial charge in [-0.15, -0.1) is 11.3 Å². The summed E-state index contributed by atoms with van der Waals surface area (Å²) in [5, 5.41) is 3.21. The molecule has 0 spiro atoms. The van der Waals surface area contributed by atoms with Gasteiger partial charge >= 0.3 is 0 Å². The van der Waals surface area contributed by atoms with Crippen LogP contribution in [0.25, 0.3) is 10.1 Å². The van der Waals surface area contributed by atoms with Crippen molar-refractivity contribution in [3.63, 3.8) is 0 Å². The summed E-state index contributed by atoms with van der Waals surface area (Å²) in [6, 6.07) is 9.29. The third-order valence-electron chi connectivity index (χ3n) is 1.64. The van der Waals surface area contributed by atoms with E-state index >= 15 is 0 Å². The molecule has 1 heterocycles. The van der Waals surface area contributed by atoms with Gasteiger partial charge in [-0.1, -0.05) is 0 Å². The maximum Gasteiger partial charge on any atom is 0.127 e. The molecule has 0 atom stereocenters. The molecule has 0 aliphatic heterocycles. The minimum atomic E-state index is 0.701. The van der Waals surface area contributed by atoms with E-state index in [1.165, 1.54) is 4.70 Å². The highest BCUT2D eigenvalue weighted by Gasteiger charge is 1.97. The van der Waals surface area contributed by atoms with Crippen molar-refractivity contribution in [1.82, 2.24) is 0 Å². The van der Waals surface area contributed by atoms with Crippen LogP contribution in [-0.2, 0) is 0 Å². The van der Waals surface area contributed by atoms with Gasteiger partial charge in [0.05, 0.1) is 6.61 Å². The molecule has 0 aliphatic carbocycles. The van der Waals surface area contributed by atoms with Crippen LogP contribution >= 0.6 is 11.3 Å². The summed E-state index contributed by atoms with van der Waals surface area (Å²) in [6.07, 6.45) is 0. The zero-order valence-electron chi connectivity index (χ0n) is 6.83. The molecule has 0 aliphatic rings. The van der Waals surface area contributed by atoms with Crippen molar-refractivity contribution in [3.05, 3.63) is 29.6 Å². The lowest BCUT2D eigenvalue weighted by atomic mass is 10.2. The largest absolute Gasteiger partial charge is 0.493 e. The van der Waals surface area contributed by atoms with Crippen molar-refractivity contribution in [2.45, 2.75) is 6.92 Å². The van der Waals surface area contributed by atoms with E-state index in [0.717, 1.165) is 11.1 Å². The zero-order chi connectivity index (χ0) is 8.39. The zero-order valence-corrected chi connectivity index (χ0v) is 7.65. The highest BCUT2D eigenvalue weighted by molar-refractivity contribution is 7.17. The molecule has 2 heteroatoms. The van der Waals surface area contributed by atoms with Crippen molar-refractivity contribution in [1.29, 1.82) is 0 Å². The van der Waals surface area contributed by atoms with Crippen molar-refractivity contribution < 1.29 is 4.74 Å². The molecule has 61 valence electrons. The Morgan fingerprint density at radius 1 is 1.42 bits per heavy atom. The first-order valence-electron chi connectivity index (χ1n) is 3.92. The van der Waals surface area contributed by atoms with Crippen LogP contribution in [-0.4, -0.2) is 6.61 Å². The fourth-order valence-electron chi connectivity index (χ4n) is 1.12. The van der Waals surface area contributed by atoms with E-state index in [-0.39, 0.29) is 0 Å². The van der Waals surface area contributed by atoms with Gasteiger partial charge in [0.1, 0.15) is 5.75 Å². The molecule has 0 amide bonds. The van der Waals surface area contributed by atoms with E-state index in [1.54, 1.807) is 11.3 Å². The molecule has 0 saturated heterocycles. The molecule has 2 rings (SSSR count). The second-order valence-electron chi connectivity index (χ2n) is 2.45. The lowest BCUT2D eigenvalue weighted by Crippen LogP contribution is -1.90. The molecule has 0 saturated carbocycles. The van der Waals surface area contributed by atoms with Gasteiger partial charge in [0.15, 0.2) is 0 Å². The van der Waals surface area contributed by atoms with Crippen LogP contribution in [0.5, 0.6) is 5.75 Å². The summed E-state index contributed by atoms with van der Waals surface area (Å²) in [4.78, 5) is 0. The Hall–Kier alpha value is -1.02. The van der Waals surface area contributed by atoms with Crippen molar-refractivity contribution in [3.8, 4) is 5.75 Å². The number of ether oxygens (including phenoxy) is 1. The van der Waals surface area contributed by atoms with Gasteiger partial charge in [-0.05, 0) is 30.5 Å². The number of hydrogen-bond donors (Lipinski definition) is 0. The van der Waals surface area contributed by atoms with Gasteiger partial charge in [-0.3, -0.25) is 0 Å². The first-order valence-corrected chi connectivity index (χ1v) is 4.80. The highest BCUT2D eigenvalue weighted by Crippen LogP contribution is 2.24. The van der Waals surface area contributed by atoms with Crippen LogP contribution in [0.3, 0.4) is 0 Å². The number of hydrogen-bond acceptors (Lipinski definition) is 2. The lowest BCUT2D eigenvalue weighted by molar-refractivity contribution is 0.340. The molecule has 1 radical (unpaired) electrons. The summed E-state index contributed by atoms with van der Waals surface area (Å²) >= 11 is 1.73. The van der Waals surface area contributed by atoms with Crippen LogP contribution in [0, 0.1) is 6.07 Å². The maximum absolute atomic E-state index is 5.33. The minimum absolute atomic E-state index is 0.701. The van der Waals surface area contributed by atoms with Crippen LogP contribution in [0.15, 0.2) is 23.6 Å². The number of rotatable bonds is 2. The molecule has 0 N–H and O–H groups in total. The van der Waals surface area contributed by atoms with E-state index in [9.17, 15) is 0 Å². The van der Waals surface area contributed by atoms with Gasteiger partial charge in [0, 0.05) is 16.2 Å². The van der Waals surface area contributed by atoms with Gasteiger partial charge in [-0.2, -0.15) is 0 Å². The Morgan fingerprint density at radius 3 is 3.17 bits per heavy atom. The number of thiophene rings is 1. The Labute approximate surface area is 75.6 Å². The summed E-state index contributed by atoms with van der Waals surface area (Å²) in [6.45, 7) is 2.68. The average molecular weight is 177 g/mol. The van der Waals surface area contributed by atoms with E-state index in [0.29, 0.717) is 6.61 Å². The first kappa shape index (κ1) is 7.62. The second kappa shape index (κ2) is 3.15. The Kier molecular flexibility index (Phi) is 2.00. The summed E-state index contributed by atoms with van der Waals surface area (Å²) < 4.78 is 6.59. The van der Waals surface area contributed by atoms with E-state index in [4.69, 9.17) is 4.74 Å². The van der Waals surface area contributed by atoms with Gasteiger partial charge in [-0.25, -0.2) is 0 Å². The summed E-state index contributed by atoms with van der Waals surface area (Å²) in [5.74, 6) is 0.836. The fraction of sp³-hybridized carbons (Fsp3) is 0.200. The fourth-order valence-corrected chi connectivity index (χ4v) is 1.86. The third-order valence-corrected chi connectivity index (χ3v) is 2.52. The van der Waals surface area contributed by atoms with Crippen LogP contribution < -0.4 is 4.74 Å². The SMILES string of the molecule is CCOc1[c]c2ccsc2cc1. The standard InChI is InChI=1S/C10H9OS/c1-2-11-9-3-4-10-8(7-9)5-6-12-10/h3-6H,2H2,1H3. The predicted octanol–water partition coefficient (Wildman–Crippen LogP) is 3.10. The molecule has 1 aromatic carbocycles. The minimum Gasteiger partial charge on any atom is -0.493 e. The number of fused-ring (bicyclic) bond motifs is 1. The molecule has 1 aromatic heterocycles. The third kappa shape index (κ3) is 1.30. The average Bonchev–Trinajstić information content (AvgIpc) is 2.51. The summed E-state index contributed by atoms with van der Waals surface area (Å²) in [7, 11) is 0. The van der Waals surface area contributed by atoms with Crippen molar-refractivity contribution in [2.75, 3.05) is 6.61 Å². The summed E-state index contributed by atoms with van der Waals surface area (Å²) in [5.41, 5.74) is 0. The lowest BCUT2D eigenvalue weighted by Gasteiger charge is -2.00. The predicted molar refractivity (Wildman–Crippen MR) is 51.8 cm³/mol. The van der Waals surface area contributed by atoms with Gasteiger partial charge < -0.3 is 4.74 Å². The van der Waals surface area contributed by atoms with E-state index in [2.05, 4.69) is 23.6 Å². The molecule has 0 fully saturated rings. The first-order chi connectivity index (χ1) is 5.90. The molecule has 1 nitrogen and oxygen atoms in total. The van der Waals surface area contributed by atoms with E-state index < -0.39 is 0 Å². The molecular formula is C10H9OS. The normalized spacial score (nSPS) is 10.4. The van der Waals surface area contributed by atoms with Gasteiger partial charge in [0.25, 0.3) is 0 Å². The smallest absolute Gasteiger partial charge is 0.127 e. The Bertz CT molecular complexity index is 378. The molecule has 12 heavy (non-hydrogen) atoms. The topological polar surface area (TPSA) is 9.23 Å². The Balaban J connectivity index is 2.46. The van der Waals surface area contributed by atoms with Crippen LogP contribution in [0.1, 0.15) is 6.92 Å². The monoisotopic (exact) mass is 177 g/mol. The molecule has 2 aromatic rings. The highest BCUT2D eigenvalue weighted by atomic mass is 32.1. The van der Waals surface area contributed by atoms with Crippen LogP contribution in [0.4, 0.5) is 0 Å². The van der Waals surface area contributed by atoms with Crippen LogP contribution in [0.2, 0.25) is 0 Å². The van der Waals surface area contributed by atoms with Crippen molar-refractivity contribution in [2.24, 2.45) is 0 Å². The molecule has 0 unspecified atom stereocenters. The quantitative estimate of drug-likeness (QED) is 0.685. The maximum atomic E-state index is 5.33. The van der Waals surface area contributed by atoms with E-state index in [1.807, 2.05) is 13.0 Å². The molecular weight excluding hydrogens is 168 g/mol. The van der Waals surface area contributed by atoms with Gasteiger partial charge in [0.2, 0.25) is 0 Å².